The minimum Gasteiger partial charge on any atom is -0.506 e. The van der Waals surface area contributed by atoms with E-state index >= 15 is 0 Å². The monoisotopic (exact) mass is 1090 g/mol. The molecule has 0 saturated carbocycles. The third kappa shape index (κ3) is 13.4. The number of ether oxygens (including phenoxy) is 1. The maximum Gasteiger partial charge on any atom is 0.397 e. The molecular weight excluding hydrogens is 1060 g/mol. The molecule has 5 rings (SSSR count). The molecule has 0 atom stereocenters. The summed E-state index contributed by atoms with van der Waals surface area (Å²) in [6.07, 6.45) is -1.50. The first-order valence-electron chi connectivity index (χ1n) is 17.0. The molecule has 0 amide bonds. The Kier molecular flexibility index (Phi) is 16.3. The molecule has 1 heterocycles. The predicted octanol–water partition coefficient (Wildman–Crippen LogP) is 4.22. The topological polar surface area (TPSA) is 414 Å². The Bertz CT molecular complexity index is 3370. The fraction of sp³-hybridized carbons (Fsp3) is 0.194. The summed E-state index contributed by atoms with van der Waals surface area (Å²) in [6, 6.07) is 7.06. The smallest absolute Gasteiger partial charge is 0.397 e. The number of methoxy groups -OCH3 is 1. The number of fused-ring (bicyclic) bond motifs is 1. The summed E-state index contributed by atoms with van der Waals surface area (Å²) in [5.74, 6) is -4.83. The Hall–Kier alpha value is -5.36. The van der Waals surface area contributed by atoms with Crippen LogP contribution >= 0.6 is 11.6 Å². The summed E-state index contributed by atoms with van der Waals surface area (Å²) in [4.78, 5) is 8.57. The SMILES string of the molecule is COc1cc(N=Nc2c(S(=O)(=O)O)cc3c(S(=O)(=O)O)c(Nc4nc(F)nc(N(C)CCS(=O)(=O)CCOS(=O)(=O)O)n4)ccc3c2O)c(N=Nc2ccc(S(=O)(=O)O)cc2O)cc1Cl.[Cu]. The van der Waals surface area contributed by atoms with E-state index in [1.54, 1.807) is 0 Å². The third-order valence-electron chi connectivity index (χ3n) is 8.29. The zero-order valence-electron chi connectivity index (χ0n) is 32.7. The maximum absolute atomic E-state index is 14.7. The van der Waals surface area contributed by atoms with Crippen LogP contribution in [0.25, 0.3) is 10.8 Å². The van der Waals surface area contributed by atoms with Crippen LogP contribution in [0.3, 0.4) is 0 Å². The molecule has 0 bridgehead atoms. The molecular formula is C31H29ClCuFN9O18S5. The fourth-order valence-electron chi connectivity index (χ4n) is 5.30. The van der Waals surface area contributed by atoms with Gasteiger partial charge >= 0.3 is 16.5 Å². The molecule has 1 aromatic heterocycles. The number of aromatic nitrogens is 3. The zero-order chi connectivity index (χ0) is 48.4. The molecule has 0 aliphatic rings. The van der Waals surface area contributed by atoms with E-state index in [0.29, 0.717) is 12.1 Å². The average Bonchev–Trinajstić information content (AvgIpc) is 3.17. The van der Waals surface area contributed by atoms with E-state index in [1.807, 2.05) is 0 Å². The minimum absolute atomic E-state index is 0. The Morgan fingerprint density at radius 1 is 0.758 bits per heavy atom. The van der Waals surface area contributed by atoms with Gasteiger partial charge in [0.15, 0.2) is 15.6 Å². The van der Waals surface area contributed by atoms with E-state index in [4.69, 9.17) is 20.9 Å². The van der Waals surface area contributed by atoms with Crippen molar-refractivity contribution in [1.82, 2.24) is 15.0 Å². The minimum atomic E-state index is -5.49. The number of anilines is 3. The number of phenols is 2. The van der Waals surface area contributed by atoms with Crippen LogP contribution in [-0.2, 0) is 71.8 Å². The van der Waals surface area contributed by atoms with Crippen molar-refractivity contribution in [1.29, 1.82) is 0 Å². The number of hydrogen-bond acceptors (Lipinski definition) is 23. The quantitative estimate of drug-likeness (QED) is 0.0367. The van der Waals surface area contributed by atoms with Gasteiger partial charge in [0.2, 0.25) is 11.9 Å². The second-order valence-corrected chi connectivity index (χ2v) is 20.7. The molecule has 0 unspecified atom stereocenters. The van der Waals surface area contributed by atoms with Gasteiger partial charge in [-0.05, 0) is 36.4 Å². The second-order valence-electron chi connectivity index (χ2n) is 12.7. The maximum atomic E-state index is 14.7. The molecule has 7 N–H and O–H groups in total. The van der Waals surface area contributed by atoms with Gasteiger partial charge in [0, 0.05) is 53.6 Å². The fourth-order valence-corrected chi connectivity index (χ4v) is 9.02. The van der Waals surface area contributed by atoms with Crippen molar-refractivity contribution >= 4 is 113 Å². The molecule has 0 fully saturated rings. The Balaban J connectivity index is 0.00000952. The Morgan fingerprint density at radius 2 is 1.39 bits per heavy atom. The van der Waals surface area contributed by atoms with Gasteiger partial charge in [0.1, 0.15) is 44.0 Å². The average molecular weight is 1090 g/mol. The predicted molar refractivity (Wildman–Crippen MR) is 222 cm³/mol. The van der Waals surface area contributed by atoms with Gasteiger partial charge in [-0.1, -0.05) is 11.6 Å². The van der Waals surface area contributed by atoms with Crippen molar-refractivity contribution in [2.24, 2.45) is 20.5 Å². The van der Waals surface area contributed by atoms with Gasteiger partial charge in [0.05, 0.1) is 40.8 Å². The standard InChI is InChI=1S/C31H29ClFN9O18S5.Cu/c1-42(7-9-61(45,46)10-8-60-65(56,57)58)31-36-29(33)35-30(37-31)34-20-6-4-16-17(28(20)64(53,54)55)12-25(63(50,51)52)26(27(16)44)41-40-22-14-24(59-2)18(32)13-21(22)39-38-19-5-3-15(11-23(19)43)62(47,48)49;/h3-6,11-14,43-44H,7-10H2,1-2H3,(H,47,48,49)(H,50,51,52)(H,53,54,55)(H,56,57,58)(H,34,35,36,37);. The van der Waals surface area contributed by atoms with Crippen LogP contribution in [0.5, 0.6) is 17.2 Å². The first-order valence-corrected chi connectivity index (χ1v) is 24.9. The van der Waals surface area contributed by atoms with Crippen molar-refractivity contribution in [3.63, 3.8) is 0 Å². The Morgan fingerprint density at radius 3 is 1.98 bits per heavy atom. The van der Waals surface area contributed by atoms with E-state index in [-0.39, 0.29) is 44.9 Å². The molecule has 0 saturated heterocycles. The van der Waals surface area contributed by atoms with Gasteiger partial charge in [-0.25, -0.2) is 12.6 Å². The molecule has 35 heteroatoms. The van der Waals surface area contributed by atoms with E-state index in [9.17, 15) is 70.4 Å². The normalized spacial score (nSPS) is 12.7. The van der Waals surface area contributed by atoms with Crippen molar-refractivity contribution in [3.05, 3.63) is 59.6 Å². The number of hydrogen-bond donors (Lipinski definition) is 7. The summed E-state index contributed by atoms with van der Waals surface area (Å²) < 4.78 is 182. The van der Waals surface area contributed by atoms with Gasteiger partial charge in [-0.3, -0.25) is 18.2 Å². The first kappa shape index (κ1) is 53.3. The number of nitrogens with one attached hydrogen (secondary N) is 1. The van der Waals surface area contributed by atoms with Crippen molar-refractivity contribution < 1.29 is 101 Å². The first-order chi connectivity index (χ1) is 30.0. The van der Waals surface area contributed by atoms with E-state index in [1.165, 1.54) is 14.2 Å². The number of benzene rings is 4. The molecule has 27 nitrogen and oxygen atoms in total. The summed E-state index contributed by atoms with van der Waals surface area (Å²) >= 11 is 6.23. The summed E-state index contributed by atoms with van der Waals surface area (Å²) in [5.41, 5.74) is -2.66. The van der Waals surface area contributed by atoms with Crippen molar-refractivity contribution in [2.45, 2.75) is 14.7 Å². The van der Waals surface area contributed by atoms with Gasteiger partial charge in [0.25, 0.3) is 30.4 Å². The zero-order valence-corrected chi connectivity index (χ0v) is 38.5. The number of halogens is 2. The van der Waals surface area contributed by atoms with Crippen LogP contribution in [0.2, 0.25) is 5.02 Å². The van der Waals surface area contributed by atoms with Crippen LogP contribution in [0.15, 0.2) is 83.7 Å². The van der Waals surface area contributed by atoms with Crippen LogP contribution in [-0.4, -0.2) is 124 Å². The Labute approximate surface area is 388 Å². The van der Waals surface area contributed by atoms with Gasteiger partial charge in [-0.2, -0.15) is 53.0 Å². The van der Waals surface area contributed by atoms with Crippen molar-refractivity contribution in [2.75, 3.05) is 49.0 Å². The van der Waals surface area contributed by atoms with E-state index in [0.717, 1.165) is 41.3 Å². The largest absolute Gasteiger partial charge is 0.506 e. The van der Waals surface area contributed by atoms with Crippen LogP contribution in [0.1, 0.15) is 0 Å². The molecule has 1 radical (unpaired) electrons. The molecule has 0 spiro atoms. The third-order valence-corrected chi connectivity index (χ3v) is 13.3. The molecule has 5 aromatic rings. The second kappa shape index (κ2) is 20.2. The number of nitrogens with zero attached hydrogens (tertiary/aromatic N) is 8. The summed E-state index contributed by atoms with van der Waals surface area (Å²) in [7, 11) is -22.2. The van der Waals surface area contributed by atoms with Crippen molar-refractivity contribution in [3.8, 4) is 17.2 Å². The molecule has 361 valence electrons. The number of sulfone groups is 1. The van der Waals surface area contributed by atoms with Crippen LogP contribution < -0.4 is 15.0 Å². The number of phenolic OH excluding ortho intramolecular Hbond substituents is 2. The summed E-state index contributed by atoms with van der Waals surface area (Å²) in [5, 5.41) is 37.8. The van der Waals surface area contributed by atoms with Gasteiger partial charge in [-0.15, -0.1) is 20.5 Å². The molecule has 0 aliphatic carbocycles. The molecule has 0 aliphatic heterocycles. The van der Waals surface area contributed by atoms with Gasteiger partial charge < -0.3 is 25.2 Å². The van der Waals surface area contributed by atoms with E-state index in [2.05, 4.69) is 44.9 Å². The number of rotatable bonds is 18. The molecule has 66 heavy (non-hydrogen) atoms. The van der Waals surface area contributed by atoms with Crippen LogP contribution in [0, 0.1) is 6.08 Å². The van der Waals surface area contributed by atoms with Crippen LogP contribution in [0.4, 0.5) is 44.7 Å². The number of azo groups is 2. The van der Waals surface area contributed by atoms with E-state index < -0.39 is 142 Å². The number of aromatic hydroxyl groups is 2. The summed E-state index contributed by atoms with van der Waals surface area (Å²) in [6.45, 7) is -1.36. The molecule has 4 aromatic carbocycles.